The molecule has 2 aliphatic rings. The molecule has 0 bridgehead atoms. The van der Waals surface area contributed by atoms with Crippen LogP contribution in [0.4, 0.5) is 0 Å². The van der Waals surface area contributed by atoms with E-state index in [1.165, 1.54) is 17.0 Å². The lowest BCUT2D eigenvalue weighted by Gasteiger charge is -2.28. The highest BCUT2D eigenvalue weighted by Crippen LogP contribution is 2.20. The average molecular weight is 388 g/mol. The number of carbonyl (C=O) groups excluding carboxylic acids is 4. The van der Waals surface area contributed by atoms with Gasteiger partial charge in [0.1, 0.15) is 23.9 Å². The van der Waals surface area contributed by atoms with E-state index >= 15 is 0 Å². The molecule has 150 valence electrons. The number of primary amides is 1. The molecule has 4 amide bonds. The Bertz CT molecular complexity index is 779. The molecule has 3 rings (SSSR count). The Morgan fingerprint density at radius 2 is 1.96 bits per heavy atom. The molecule has 0 radical (unpaired) electrons. The van der Waals surface area contributed by atoms with Crippen LogP contribution in [-0.4, -0.2) is 58.3 Å². The second-order valence-electron chi connectivity index (χ2n) is 7.18. The highest BCUT2D eigenvalue weighted by atomic mass is 16.3. The number of nitrogens with one attached hydrogen (secondary N) is 2. The zero-order valence-electron chi connectivity index (χ0n) is 15.4. The minimum Gasteiger partial charge on any atom is -0.508 e. The predicted molar refractivity (Wildman–Crippen MR) is 98.8 cm³/mol. The molecular formula is C19H24N4O5. The number of nitrogens with zero attached hydrogens (tertiary/aromatic N) is 1. The maximum Gasteiger partial charge on any atom is 0.246 e. The van der Waals surface area contributed by atoms with Crippen LogP contribution in [0, 0.1) is 0 Å². The monoisotopic (exact) mass is 388 g/mol. The van der Waals surface area contributed by atoms with Gasteiger partial charge in [-0.2, -0.15) is 0 Å². The number of aromatic hydroxyl groups is 1. The van der Waals surface area contributed by atoms with Gasteiger partial charge in [-0.05, 0) is 37.0 Å². The molecule has 0 aliphatic carbocycles. The predicted octanol–water partition coefficient (Wildman–Crippen LogP) is -0.826. The molecule has 0 saturated carbocycles. The normalized spacial score (nSPS) is 22.6. The van der Waals surface area contributed by atoms with Crippen LogP contribution in [0.5, 0.6) is 5.75 Å². The first kappa shape index (κ1) is 19.7. The van der Waals surface area contributed by atoms with Crippen LogP contribution in [0.3, 0.4) is 0 Å². The first-order valence-electron chi connectivity index (χ1n) is 9.32. The first-order valence-corrected chi connectivity index (χ1v) is 9.32. The van der Waals surface area contributed by atoms with Gasteiger partial charge in [0.05, 0.1) is 0 Å². The third-order valence-electron chi connectivity index (χ3n) is 5.17. The minimum absolute atomic E-state index is 0.0951. The molecule has 2 aliphatic heterocycles. The number of nitrogens with two attached hydrogens (primary N) is 1. The lowest BCUT2D eigenvalue weighted by Crippen LogP contribution is -2.56. The standard InChI is InChI=1S/C19H24N4O5/c20-17(26)15-2-1-9-23(15)19(28)14(10-11-3-5-12(24)6-4-11)22-18(27)13-7-8-16(25)21-13/h3-6,13-15,24H,1-2,7-10H2,(H2,20,26)(H,21,25)(H,22,27)/t13-,14-,15-/m0/s1. The third-order valence-corrected chi connectivity index (χ3v) is 5.17. The number of rotatable bonds is 6. The van der Waals surface area contributed by atoms with Crippen LogP contribution in [0.1, 0.15) is 31.2 Å². The largest absolute Gasteiger partial charge is 0.508 e. The zero-order valence-corrected chi connectivity index (χ0v) is 15.4. The molecule has 28 heavy (non-hydrogen) atoms. The van der Waals surface area contributed by atoms with Crippen molar-refractivity contribution in [2.45, 2.75) is 50.2 Å². The summed E-state index contributed by atoms with van der Waals surface area (Å²) < 4.78 is 0. The molecule has 2 heterocycles. The van der Waals surface area contributed by atoms with Crippen LogP contribution in [0.25, 0.3) is 0 Å². The van der Waals surface area contributed by atoms with E-state index in [0.717, 1.165) is 5.56 Å². The van der Waals surface area contributed by atoms with Gasteiger partial charge in [-0.3, -0.25) is 19.2 Å². The van der Waals surface area contributed by atoms with E-state index in [1.807, 2.05) is 0 Å². The van der Waals surface area contributed by atoms with Gasteiger partial charge in [0, 0.05) is 19.4 Å². The second-order valence-corrected chi connectivity index (χ2v) is 7.18. The number of hydrogen-bond donors (Lipinski definition) is 4. The number of likely N-dealkylation sites (tertiary alicyclic amines) is 1. The highest BCUT2D eigenvalue weighted by molar-refractivity contribution is 5.95. The van der Waals surface area contributed by atoms with Gasteiger partial charge in [-0.1, -0.05) is 12.1 Å². The Balaban J connectivity index is 1.77. The van der Waals surface area contributed by atoms with E-state index < -0.39 is 29.9 Å². The summed E-state index contributed by atoms with van der Waals surface area (Å²) in [6.07, 6.45) is 1.99. The van der Waals surface area contributed by atoms with Gasteiger partial charge in [0.15, 0.2) is 0 Å². The summed E-state index contributed by atoms with van der Waals surface area (Å²) in [5, 5.41) is 14.7. The van der Waals surface area contributed by atoms with Crippen LogP contribution >= 0.6 is 0 Å². The van der Waals surface area contributed by atoms with Gasteiger partial charge in [0.2, 0.25) is 23.6 Å². The van der Waals surface area contributed by atoms with Crippen molar-refractivity contribution in [1.82, 2.24) is 15.5 Å². The van der Waals surface area contributed by atoms with Crippen molar-refractivity contribution in [1.29, 1.82) is 0 Å². The zero-order chi connectivity index (χ0) is 20.3. The SMILES string of the molecule is NC(=O)[C@@H]1CCCN1C(=O)[C@H](Cc1ccc(O)cc1)NC(=O)[C@@H]1CCC(=O)N1. The maximum absolute atomic E-state index is 13.1. The van der Waals surface area contributed by atoms with E-state index in [4.69, 9.17) is 5.73 Å². The highest BCUT2D eigenvalue weighted by Gasteiger charge is 2.38. The quantitative estimate of drug-likeness (QED) is 0.503. The molecule has 2 fully saturated rings. The summed E-state index contributed by atoms with van der Waals surface area (Å²) >= 11 is 0. The van der Waals surface area contributed by atoms with Crippen molar-refractivity contribution < 1.29 is 24.3 Å². The molecule has 5 N–H and O–H groups in total. The Hall–Kier alpha value is -3.10. The lowest BCUT2D eigenvalue weighted by atomic mass is 10.0. The topological polar surface area (TPSA) is 142 Å². The Morgan fingerprint density at radius 3 is 2.57 bits per heavy atom. The van der Waals surface area contributed by atoms with Crippen molar-refractivity contribution in [2.24, 2.45) is 5.73 Å². The van der Waals surface area contributed by atoms with Gasteiger partial charge < -0.3 is 26.4 Å². The Kier molecular flexibility index (Phi) is 5.81. The van der Waals surface area contributed by atoms with Crippen LogP contribution in [-0.2, 0) is 25.6 Å². The van der Waals surface area contributed by atoms with E-state index in [9.17, 15) is 24.3 Å². The van der Waals surface area contributed by atoms with E-state index in [-0.39, 0.29) is 30.4 Å². The summed E-state index contributed by atoms with van der Waals surface area (Å²) in [4.78, 5) is 50.1. The fourth-order valence-electron chi connectivity index (χ4n) is 3.68. The molecular weight excluding hydrogens is 364 g/mol. The van der Waals surface area contributed by atoms with Gasteiger partial charge in [0.25, 0.3) is 0 Å². The van der Waals surface area contributed by atoms with Gasteiger partial charge >= 0.3 is 0 Å². The molecule has 1 aromatic carbocycles. The van der Waals surface area contributed by atoms with Gasteiger partial charge in [-0.25, -0.2) is 0 Å². The summed E-state index contributed by atoms with van der Waals surface area (Å²) in [6, 6.07) is 4.06. The molecule has 9 heteroatoms. The lowest BCUT2D eigenvalue weighted by molar-refractivity contribution is -0.140. The van der Waals surface area contributed by atoms with E-state index in [2.05, 4.69) is 10.6 Å². The number of carbonyl (C=O) groups is 4. The molecule has 2 saturated heterocycles. The molecule has 1 aromatic rings. The van der Waals surface area contributed by atoms with E-state index in [0.29, 0.717) is 25.8 Å². The van der Waals surface area contributed by atoms with Crippen molar-refractivity contribution in [3.8, 4) is 5.75 Å². The summed E-state index contributed by atoms with van der Waals surface area (Å²) in [5.41, 5.74) is 6.15. The summed E-state index contributed by atoms with van der Waals surface area (Å²) in [6.45, 7) is 0.397. The fraction of sp³-hybridized carbons (Fsp3) is 0.474. The molecule has 0 unspecified atom stereocenters. The Morgan fingerprint density at radius 1 is 1.25 bits per heavy atom. The van der Waals surface area contributed by atoms with E-state index in [1.54, 1.807) is 12.1 Å². The maximum atomic E-state index is 13.1. The van der Waals surface area contributed by atoms with Crippen LogP contribution < -0.4 is 16.4 Å². The number of phenolic OH excluding ortho intramolecular Hbond substituents is 1. The van der Waals surface area contributed by atoms with Crippen molar-refractivity contribution in [3.05, 3.63) is 29.8 Å². The number of phenols is 1. The number of benzene rings is 1. The molecule has 9 nitrogen and oxygen atoms in total. The summed E-state index contributed by atoms with van der Waals surface area (Å²) in [5.74, 6) is -1.49. The summed E-state index contributed by atoms with van der Waals surface area (Å²) in [7, 11) is 0. The first-order chi connectivity index (χ1) is 13.3. The minimum atomic E-state index is -0.908. The average Bonchev–Trinajstić information content (AvgIpc) is 3.31. The van der Waals surface area contributed by atoms with Crippen molar-refractivity contribution in [3.63, 3.8) is 0 Å². The molecule has 0 aromatic heterocycles. The second kappa shape index (κ2) is 8.28. The molecule has 0 spiro atoms. The van der Waals surface area contributed by atoms with Crippen molar-refractivity contribution in [2.75, 3.05) is 6.54 Å². The van der Waals surface area contributed by atoms with Crippen LogP contribution in [0.2, 0.25) is 0 Å². The van der Waals surface area contributed by atoms with Crippen LogP contribution in [0.15, 0.2) is 24.3 Å². The third kappa shape index (κ3) is 4.41. The molecule has 3 atom stereocenters. The van der Waals surface area contributed by atoms with Crippen molar-refractivity contribution >= 4 is 23.6 Å². The Labute approximate surface area is 162 Å². The fourth-order valence-corrected chi connectivity index (χ4v) is 3.68. The number of hydrogen-bond acceptors (Lipinski definition) is 5. The van der Waals surface area contributed by atoms with Gasteiger partial charge in [-0.15, -0.1) is 0 Å². The number of amides is 4. The smallest absolute Gasteiger partial charge is 0.246 e.